The molecule has 4 saturated carbocycles. The summed E-state index contributed by atoms with van der Waals surface area (Å²) in [6, 6.07) is 0. The lowest BCUT2D eigenvalue weighted by atomic mass is 9.43. The highest BCUT2D eigenvalue weighted by Gasteiger charge is 2.59. The van der Waals surface area contributed by atoms with Crippen molar-refractivity contribution in [3.63, 3.8) is 0 Å². The van der Waals surface area contributed by atoms with Crippen LogP contribution in [0.25, 0.3) is 0 Å². The predicted molar refractivity (Wildman–Crippen MR) is 67.3 cm³/mol. The molecule has 0 saturated heterocycles. The van der Waals surface area contributed by atoms with Crippen LogP contribution in [0, 0.1) is 16.7 Å². The maximum absolute atomic E-state index is 11.0. The molecule has 4 aliphatic carbocycles. The summed E-state index contributed by atoms with van der Waals surface area (Å²) in [6.07, 6.45) is 7.88. The Bertz CT molecular complexity index is 347. The number of nitrogens with one attached hydrogen (secondary N) is 1. The molecule has 0 aliphatic heterocycles. The van der Waals surface area contributed by atoms with Gasteiger partial charge in [-0.3, -0.25) is 4.79 Å². The Hall–Kier alpha value is -0.570. The Kier molecular flexibility index (Phi) is 2.20. The Labute approximate surface area is 104 Å². The molecular weight excluding hydrogens is 212 g/mol. The summed E-state index contributed by atoms with van der Waals surface area (Å²) in [5.74, 6) is 0.637. The molecule has 4 aliphatic rings. The molecule has 4 bridgehead atoms. The van der Waals surface area contributed by atoms with E-state index in [1.54, 1.807) is 0 Å². The third-order valence-electron chi connectivity index (χ3n) is 5.26. The molecule has 2 atom stereocenters. The summed E-state index contributed by atoms with van der Waals surface area (Å²) in [6.45, 7) is 5.23. The van der Waals surface area contributed by atoms with Crippen LogP contribution in [0.15, 0.2) is 0 Å². The van der Waals surface area contributed by atoms with Gasteiger partial charge in [0.25, 0.3) is 0 Å². The number of primary amides is 1. The smallest absolute Gasteiger partial charge is 0.231 e. The summed E-state index contributed by atoms with van der Waals surface area (Å²) in [4.78, 5) is 11.0. The van der Waals surface area contributed by atoms with Crippen molar-refractivity contribution in [2.45, 2.75) is 57.9 Å². The zero-order valence-corrected chi connectivity index (χ0v) is 11.0. The fourth-order valence-electron chi connectivity index (χ4n) is 5.92. The summed E-state index contributed by atoms with van der Waals surface area (Å²) in [5.41, 5.74) is 6.49. The SMILES string of the molecule is CC12CC3CC(C)(C1)CC(NCC(N)=O)(C3)C2. The quantitative estimate of drug-likeness (QED) is 0.785. The van der Waals surface area contributed by atoms with E-state index in [9.17, 15) is 4.79 Å². The largest absolute Gasteiger partial charge is 0.369 e. The molecule has 4 rings (SSSR count). The van der Waals surface area contributed by atoms with Crippen molar-refractivity contribution in [2.75, 3.05) is 6.54 Å². The van der Waals surface area contributed by atoms with Crippen LogP contribution in [0.3, 0.4) is 0 Å². The van der Waals surface area contributed by atoms with Crippen LogP contribution in [0.2, 0.25) is 0 Å². The molecule has 96 valence electrons. The number of nitrogens with two attached hydrogens (primary N) is 1. The molecule has 3 N–H and O–H groups in total. The molecule has 17 heavy (non-hydrogen) atoms. The van der Waals surface area contributed by atoms with E-state index < -0.39 is 0 Å². The highest BCUT2D eigenvalue weighted by atomic mass is 16.1. The zero-order chi connectivity index (χ0) is 12.3. The van der Waals surface area contributed by atoms with Gasteiger partial charge in [-0.05, 0) is 55.3 Å². The molecule has 2 unspecified atom stereocenters. The van der Waals surface area contributed by atoms with E-state index in [4.69, 9.17) is 5.73 Å². The molecular formula is C14H24N2O. The Morgan fingerprint density at radius 1 is 1.18 bits per heavy atom. The second kappa shape index (κ2) is 3.25. The van der Waals surface area contributed by atoms with Crippen molar-refractivity contribution < 1.29 is 4.79 Å². The van der Waals surface area contributed by atoms with Gasteiger partial charge in [-0.1, -0.05) is 13.8 Å². The van der Waals surface area contributed by atoms with Crippen molar-refractivity contribution in [2.24, 2.45) is 22.5 Å². The summed E-state index contributed by atoms with van der Waals surface area (Å²) >= 11 is 0. The third kappa shape index (κ3) is 1.88. The Balaban J connectivity index is 1.84. The lowest BCUT2D eigenvalue weighted by Gasteiger charge is -2.65. The van der Waals surface area contributed by atoms with Crippen molar-refractivity contribution in [3.8, 4) is 0 Å². The van der Waals surface area contributed by atoms with E-state index in [-0.39, 0.29) is 11.4 Å². The first-order valence-corrected chi connectivity index (χ1v) is 6.86. The third-order valence-corrected chi connectivity index (χ3v) is 5.26. The van der Waals surface area contributed by atoms with Crippen molar-refractivity contribution >= 4 is 5.91 Å². The van der Waals surface area contributed by atoms with Gasteiger partial charge in [-0.15, -0.1) is 0 Å². The van der Waals surface area contributed by atoms with E-state index >= 15 is 0 Å². The molecule has 0 spiro atoms. The van der Waals surface area contributed by atoms with E-state index in [1.165, 1.54) is 38.5 Å². The fourth-order valence-corrected chi connectivity index (χ4v) is 5.92. The molecule has 0 aromatic rings. The van der Waals surface area contributed by atoms with Crippen LogP contribution >= 0.6 is 0 Å². The number of carbonyl (C=O) groups is 1. The Morgan fingerprint density at radius 3 is 2.24 bits per heavy atom. The first kappa shape index (κ1) is 11.5. The van der Waals surface area contributed by atoms with Crippen LogP contribution in [-0.4, -0.2) is 18.0 Å². The van der Waals surface area contributed by atoms with E-state index in [0.717, 1.165) is 5.92 Å². The molecule has 4 fully saturated rings. The average molecular weight is 236 g/mol. The molecule has 3 heteroatoms. The molecule has 0 aromatic heterocycles. The summed E-state index contributed by atoms with van der Waals surface area (Å²) in [7, 11) is 0. The standard InChI is InChI=1S/C14H24N2O/c1-12-3-10-4-13(2,7-12)9-14(5-10,8-12)16-6-11(15)17/h10,16H,3-9H2,1-2H3,(H2,15,17). The molecule has 3 nitrogen and oxygen atoms in total. The van der Waals surface area contributed by atoms with Crippen molar-refractivity contribution in [3.05, 3.63) is 0 Å². The highest BCUT2D eigenvalue weighted by molar-refractivity contribution is 5.76. The number of amides is 1. The molecule has 1 amide bonds. The number of hydrogen-bond donors (Lipinski definition) is 2. The minimum atomic E-state index is -0.226. The van der Waals surface area contributed by atoms with Gasteiger partial charge >= 0.3 is 0 Å². The monoisotopic (exact) mass is 236 g/mol. The van der Waals surface area contributed by atoms with Crippen molar-refractivity contribution in [1.82, 2.24) is 5.32 Å². The number of hydrogen-bond acceptors (Lipinski definition) is 2. The van der Waals surface area contributed by atoms with E-state index in [2.05, 4.69) is 19.2 Å². The van der Waals surface area contributed by atoms with Gasteiger partial charge in [0.05, 0.1) is 6.54 Å². The van der Waals surface area contributed by atoms with Gasteiger partial charge in [-0.2, -0.15) is 0 Å². The second-order valence-corrected chi connectivity index (χ2v) is 7.73. The van der Waals surface area contributed by atoms with Crippen LogP contribution in [0.1, 0.15) is 52.4 Å². The summed E-state index contributed by atoms with van der Waals surface area (Å²) in [5, 5.41) is 3.50. The van der Waals surface area contributed by atoms with Gasteiger partial charge in [0.15, 0.2) is 0 Å². The van der Waals surface area contributed by atoms with E-state index in [0.29, 0.717) is 17.4 Å². The molecule has 0 radical (unpaired) electrons. The Morgan fingerprint density at radius 2 is 1.76 bits per heavy atom. The van der Waals surface area contributed by atoms with Gasteiger partial charge in [-0.25, -0.2) is 0 Å². The minimum Gasteiger partial charge on any atom is -0.369 e. The van der Waals surface area contributed by atoms with Crippen molar-refractivity contribution in [1.29, 1.82) is 0 Å². The van der Waals surface area contributed by atoms with Crippen LogP contribution in [0.5, 0.6) is 0 Å². The normalized spacial score (nSPS) is 51.8. The average Bonchev–Trinajstić information content (AvgIpc) is 2.08. The molecule has 0 heterocycles. The maximum Gasteiger partial charge on any atom is 0.231 e. The number of rotatable bonds is 3. The molecule has 0 aromatic carbocycles. The lowest BCUT2D eigenvalue weighted by molar-refractivity contribution is -0.127. The zero-order valence-electron chi connectivity index (χ0n) is 11.0. The highest BCUT2D eigenvalue weighted by Crippen LogP contribution is 2.66. The maximum atomic E-state index is 11.0. The van der Waals surface area contributed by atoms with Crippen LogP contribution < -0.4 is 11.1 Å². The lowest BCUT2D eigenvalue weighted by Crippen LogP contribution is -2.64. The minimum absolute atomic E-state index is 0.206. The second-order valence-electron chi connectivity index (χ2n) is 7.73. The van der Waals surface area contributed by atoms with Gasteiger partial charge < -0.3 is 11.1 Å². The summed E-state index contributed by atoms with van der Waals surface area (Å²) < 4.78 is 0. The predicted octanol–water partition coefficient (Wildman–Crippen LogP) is 1.81. The first-order valence-electron chi connectivity index (χ1n) is 6.86. The number of carbonyl (C=O) groups excluding carboxylic acids is 1. The van der Waals surface area contributed by atoms with Crippen LogP contribution in [-0.2, 0) is 4.79 Å². The topological polar surface area (TPSA) is 55.1 Å². The van der Waals surface area contributed by atoms with Gasteiger partial charge in [0, 0.05) is 5.54 Å². The van der Waals surface area contributed by atoms with Gasteiger partial charge in [0.2, 0.25) is 5.91 Å². The van der Waals surface area contributed by atoms with Gasteiger partial charge in [0.1, 0.15) is 0 Å². The van der Waals surface area contributed by atoms with E-state index in [1.807, 2.05) is 0 Å². The first-order chi connectivity index (χ1) is 7.82. The van der Waals surface area contributed by atoms with Crippen LogP contribution in [0.4, 0.5) is 0 Å². The fraction of sp³-hybridized carbons (Fsp3) is 0.929.